The maximum absolute atomic E-state index is 14.3. The van der Waals surface area contributed by atoms with Crippen LogP contribution in [0.5, 0.6) is 0 Å². The Balaban J connectivity index is 2.14. The van der Waals surface area contributed by atoms with Crippen LogP contribution in [0.1, 0.15) is 72.6 Å². The number of nitrogens with zero attached hydrogens (tertiary/aromatic N) is 3. The van der Waals surface area contributed by atoms with E-state index < -0.39 is 35.1 Å². The molecule has 3 rings (SSSR count). The SMILES string of the molecule is C=CCN(CCCC)C(=O)C1N([C@@H](CC)CO)C(=O)[C@@H]2[C@H](C(=O)N(CC=C)CCC)[C@]3(CC)CCC12O3. The minimum Gasteiger partial charge on any atom is -0.394 e. The predicted molar refractivity (Wildman–Crippen MR) is 144 cm³/mol. The van der Waals surface area contributed by atoms with E-state index >= 15 is 0 Å². The second-order valence-corrected chi connectivity index (χ2v) is 10.8. The lowest BCUT2D eigenvalue weighted by Crippen LogP contribution is -2.59. The first-order valence-corrected chi connectivity index (χ1v) is 14.2. The van der Waals surface area contributed by atoms with Crippen LogP contribution in [0.15, 0.2) is 25.3 Å². The topological polar surface area (TPSA) is 90.4 Å². The molecule has 2 unspecified atom stereocenters. The van der Waals surface area contributed by atoms with Crippen molar-refractivity contribution in [2.75, 3.05) is 32.8 Å². The number of amides is 3. The van der Waals surface area contributed by atoms with Crippen molar-refractivity contribution in [3.8, 4) is 0 Å². The highest BCUT2D eigenvalue weighted by Crippen LogP contribution is 2.65. The van der Waals surface area contributed by atoms with Gasteiger partial charge in [-0.25, -0.2) is 0 Å². The van der Waals surface area contributed by atoms with E-state index in [0.29, 0.717) is 51.9 Å². The lowest BCUT2D eigenvalue weighted by atomic mass is 9.64. The average molecular weight is 518 g/mol. The van der Waals surface area contributed by atoms with Crippen LogP contribution in [0.2, 0.25) is 0 Å². The molecule has 3 aliphatic rings. The van der Waals surface area contributed by atoms with Gasteiger partial charge in [-0.3, -0.25) is 14.4 Å². The molecular formula is C29H47N3O5. The van der Waals surface area contributed by atoms with Gasteiger partial charge >= 0.3 is 0 Å². The van der Waals surface area contributed by atoms with Crippen molar-refractivity contribution in [1.29, 1.82) is 0 Å². The zero-order chi connectivity index (χ0) is 27.4. The molecule has 3 fully saturated rings. The lowest BCUT2D eigenvalue weighted by molar-refractivity contribution is -0.158. The summed E-state index contributed by atoms with van der Waals surface area (Å²) in [6, 6.07) is -1.39. The minimum atomic E-state index is -1.08. The van der Waals surface area contributed by atoms with Crippen LogP contribution in [-0.2, 0) is 19.1 Å². The summed E-state index contributed by atoms with van der Waals surface area (Å²) in [6.07, 6.45) is 8.24. The molecule has 1 spiro atoms. The first kappa shape index (κ1) is 29.4. The quantitative estimate of drug-likeness (QED) is 0.337. The van der Waals surface area contributed by atoms with Gasteiger partial charge in [0, 0.05) is 26.2 Å². The summed E-state index contributed by atoms with van der Waals surface area (Å²) in [6.45, 7) is 17.3. The normalized spacial score (nSPS) is 30.8. The van der Waals surface area contributed by atoms with Gasteiger partial charge in [0.25, 0.3) is 0 Å². The Bertz CT molecular complexity index is 874. The summed E-state index contributed by atoms with van der Waals surface area (Å²) < 4.78 is 6.88. The predicted octanol–water partition coefficient (Wildman–Crippen LogP) is 3.15. The van der Waals surface area contributed by atoms with Crippen LogP contribution < -0.4 is 0 Å². The highest BCUT2D eigenvalue weighted by molar-refractivity contribution is 5.99. The summed E-state index contributed by atoms with van der Waals surface area (Å²) in [5.74, 6) is -1.92. The number of carbonyl (C=O) groups excluding carboxylic acids is 3. The number of hydrogen-bond acceptors (Lipinski definition) is 5. The fourth-order valence-electron chi connectivity index (χ4n) is 7.00. The molecule has 8 nitrogen and oxygen atoms in total. The van der Waals surface area contributed by atoms with E-state index in [2.05, 4.69) is 20.1 Å². The van der Waals surface area contributed by atoms with Crippen LogP contribution in [-0.4, -0.2) is 93.6 Å². The second-order valence-electron chi connectivity index (χ2n) is 10.8. The number of rotatable bonds is 15. The van der Waals surface area contributed by atoms with Crippen LogP contribution in [0.3, 0.4) is 0 Å². The smallest absolute Gasteiger partial charge is 0.248 e. The largest absolute Gasteiger partial charge is 0.394 e. The Morgan fingerprint density at radius 3 is 2.24 bits per heavy atom. The number of ether oxygens (including phenoxy) is 1. The molecule has 0 aromatic heterocycles. The van der Waals surface area contributed by atoms with E-state index in [9.17, 15) is 19.5 Å². The molecular weight excluding hydrogens is 470 g/mol. The Morgan fingerprint density at radius 1 is 1.08 bits per heavy atom. The summed E-state index contributed by atoms with van der Waals surface area (Å²) in [7, 11) is 0. The zero-order valence-corrected chi connectivity index (χ0v) is 23.3. The standard InChI is InChI=1S/C29H47N3O5/c1-7-13-19-31(18-10-4)27(36)24-29-15-14-28(12-6,37-29)22(25(34)30(16-8-2)17-9-3)23(29)26(35)32(24)21(11-5)20-33/h8,10,21-24,33H,2,4,7,9,11-20H2,1,3,5-6H3/t21-,22+,23-,24?,28-,29?/m0/s1. The molecule has 2 bridgehead atoms. The van der Waals surface area contributed by atoms with Crippen LogP contribution in [0, 0.1) is 11.8 Å². The van der Waals surface area contributed by atoms with Crippen molar-refractivity contribution < 1.29 is 24.2 Å². The van der Waals surface area contributed by atoms with E-state index in [0.717, 1.165) is 19.3 Å². The molecule has 0 aromatic rings. The maximum Gasteiger partial charge on any atom is 0.248 e. The van der Waals surface area contributed by atoms with Crippen molar-refractivity contribution in [3.05, 3.63) is 25.3 Å². The lowest BCUT2D eigenvalue weighted by Gasteiger charge is -2.39. The van der Waals surface area contributed by atoms with Crippen molar-refractivity contribution in [3.63, 3.8) is 0 Å². The molecule has 6 atom stereocenters. The number of aliphatic hydroxyl groups is 1. The Kier molecular flexibility index (Phi) is 9.62. The van der Waals surface area contributed by atoms with E-state index in [-0.39, 0.29) is 24.3 Å². The molecule has 1 N–H and O–H groups in total. The first-order chi connectivity index (χ1) is 17.8. The first-order valence-electron chi connectivity index (χ1n) is 14.2. The van der Waals surface area contributed by atoms with Crippen LogP contribution in [0.25, 0.3) is 0 Å². The van der Waals surface area contributed by atoms with Gasteiger partial charge in [-0.05, 0) is 38.5 Å². The highest BCUT2D eigenvalue weighted by Gasteiger charge is 2.79. The zero-order valence-electron chi connectivity index (χ0n) is 23.3. The number of fused-ring (bicyclic) bond motifs is 1. The van der Waals surface area contributed by atoms with Gasteiger partial charge in [0.1, 0.15) is 11.6 Å². The summed E-state index contributed by atoms with van der Waals surface area (Å²) in [5.41, 5.74) is -1.85. The average Bonchev–Trinajstić information content (AvgIpc) is 3.50. The van der Waals surface area contributed by atoms with Crippen LogP contribution in [0.4, 0.5) is 0 Å². The monoisotopic (exact) mass is 517 g/mol. The Morgan fingerprint density at radius 2 is 1.73 bits per heavy atom. The molecule has 0 radical (unpaired) electrons. The molecule has 3 saturated heterocycles. The molecule has 208 valence electrons. The van der Waals surface area contributed by atoms with E-state index in [1.807, 2.05) is 20.8 Å². The summed E-state index contributed by atoms with van der Waals surface area (Å²) in [4.78, 5) is 47.8. The molecule has 8 heteroatoms. The summed E-state index contributed by atoms with van der Waals surface area (Å²) in [5, 5.41) is 10.3. The fourth-order valence-corrected chi connectivity index (χ4v) is 7.00. The van der Waals surface area contributed by atoms with Crippen molar-refractivity contribution in [1.82, 2.24) is 14.7 Å². The Hall–Kier alpha value is -2.19. The maximum atomic E-state index is 14.3. The van der Waals surface area contributed by atoms with Crippen molar-refractivity contribution in [2.45, 2.75) is 95.9 Å². The van der Waals surface area contributed by atoms with Crippen molar-refractivity contribution in [2.24, 2.45) is 11.8 Å². The van der Waals surface area contributed by atoms with E-state index in [4.69, 9.17) is 4.74 Å². The number of likely N-dealkylation sites (tertiary alicyclic amines) is 1. The number of unbranched alkanes of at least 4 members (excludes halogenated alkanes) is 1. The van der Waals surface area contributed by atoms with Gasteiger partial charge in [0.05, 0.1) is 30.1 Å². The third kappa shape index (κ3) is 4.76. The van der Waals surface area contributed by atoms with E-state index in [1.165, 1.54) is 0 Å². The van der Waals surface area contributed by atoms with Gasteiger partial charge in [0.2, 0.25) is 17.7 Å². The molecule has 3 aliphatic heterocycles. The van der Waals surface area contributed by atoms with E-state index in [1.54, 1.807) is 26.9 Å². The summed E-state index contributed by atoms with van der Waals surface area (Å²) >= 11 is 0. The number of hydrogen-bond donors (Lipinski definition) is 1. The van der Waals surface area contributed by atoms with Gasteiger partial charge in [-0.1, -0.05) is 46.3 Å². The van der Waals surface area contributed by atoms with Crippen LogP contribution >= 0.6 is 0 Å². The number of aliphatic hydroxyl groups excluding tert-OH is 1. The molecule has 3 amide bonds. The second kappa shape index (κ2) is 12.1. The third-order valence-electron chi connectivity index (χ3n) is 8.79. The van der Waals surface area contributed by atoms with Gasteiger partial charge in [0.15, 0.2) is 0 Å². The number of carbonyl (C=O) groups is 3. The molecule has 0 aromatic carbocycles. The van der Waals surface area contributed by atoms with Crippen molar-refractivity contribution >= 4 is 17.7 Å². The Labute approximate surface area is 222 Å². The molecule has 3 heterocycles. The van der Waals surface area contributed by atoms with Gasteiger partial charge < -0.3 is 24.5 Å². The fraction of sp³-hybridized carbons (Fsp3) is 0.759. The molecule has 37 heavy (non-hydrogen) atoms. The molecule has 0 aliphatic carbocycles. The molecule has 0 saturated carbocycles. The minimum absolute atomic E-state index is 0.0949. The van der Waals surface area contributed by atoms with Gasteiger partial charge in [-0.2, -0.15) is 0 Å². The van der Waals surface area contributed by atoms with Gasteiger partial charge in [-0.15, -0.1) is 13.2 Å². The third-order valence-corrected chi connectivity index (χ3v) is 8.79. The highest BCUT2D eigenvalue weighted by atomic mass is 16.5.